The lowest BCUT2D eigenvalue weighted by Gasteiger charge is -2.41. The van der Waals surface area contributed by atoms with E-state index in [0.29, 0.717) is 32.6 Å². The average molecular weight is 498 g/mol. The molecule has 9 heteroatoms. The molecule has 36 heavy (non-hydrogen) atoms. The molecule has 0 spiro atoms. The third-order valence-corrected chi connectivity index (χ3v) is 5.68. The van der Waals surface area contributed by atoms with Crippen LogP contribution >= 0.6 is 0 Å². The number of nitrogens with zero attached hydrogens (tertiary/aromatic N) is 2. The van der Waals surface area contributed by atoms with Gasteiger partial charge in [0, 0.05) is 31.9 Å². The largest absolute Gasteiger partial charge is 0.467 e. The van der Waals surface area contributed by atoms with Crippen LogP contribution in [0.1, 0.15) is 31.9 Å². The van der Waals surface area contributed by atoms with Crippen molar-refractivity contribution in [2.75, 3.05) is 38.2 Å². The predicted molar refractivity (Wildman–Crippen MR) is 136 cm³/mol. The molecule has 2 aromatic carbocycles. The van der Waals surface area contributed by atoms with Crippen LogP contribution in [-0.2, 0) is 32.0 Å². The number of piperazine rings is 1. The van der Waals surface area contributed by atoms with Crippen LogP contribution < -0.4 is 10.2 Å². The van der Waals surface area contributed by atoms with E-state index in [2.05, 4.69) is 5.32 Å². The number of alkyl carbamates (subject to hydrolysis) is 1. The van der Waals surface area contributed by atoms with Gasteiger partial charge in [-0.25, -0.2) is 14.4 Å². The van der Waals surface area contributed by atoms with E-state index in [0.717, 1.165) is 16.8 Å². The molecule has 1 fully saturated rings. The molecule has 1 heterocycles. The number of carbonyl (C=O) groups excluding carboxylic acids is 3. The molecule has 0 aromatic heterocycles. The summed E-state index contributed by atoms with van der Waals surface area (Å²) in [5.74, 6) is -0.479. The van der Waals surface area contributed by atoms with E-state index < -0.39 is 29.8 Å². The molecule has 1 unspecified atom stereocenters. The number of methoxy groups -OCH3 is 1. The standard InChI is InChI=1S/C27H35N3O6/c1-27(2,3)36-26(33)30-17-16-29(18-23(30)24(31)34-4)22-12-10-20(11-13-22)14-15-28-25(32)35-19-21-8-6-5-7-9-21/h5-13,23H,14-19H2,1-4H3,(H,28,32). The molecule has 194 valence electrons. The van der Waals surface area contributed by atoms with Crippen molar-refractivity contribution in [1.29, 1.82) is 0 Å². The summed E-state index contributed by atoms with van der Waals surface area (Å²) < 4.78 is 15.6. The topological polar surface area (TPSA) is 97.4 Å². The van der Waals surface area contributed by atoms with Crippen LogP contribution in [0.15, 0.2) is 54.6 Å². The molecule has 3 rings (SSSR count). The quantitative estimate of drug-likeness (QED) is 0.460. The highest BCUT2D eigenvalue weighted by atomic mass is 16.6. The number of benzene rings is 2. The van der Waals surface area contributed by atoms with Gasteiger partial charge < -0.3 is 24.4 Å². The molecular weight excluding hydrogens is 462 g/mol. The third-order valence-electron chi connectivity index (χ3n) is 5.68. The lowest BCUT2D eigenvalue weighted by atomic mass is 10.1. The lowest BCUT2D eigenvalue weighted by molar-refractivity contribution is -0.147. The first-order chi connectivity index (χ1) is 17.2. The Bertz CT molecular complexity index is 1020. The second-order valence-electron chi connectivity index (χ2n) is 9.56. The molecule has 1 aliphatic rings. The Balaban J connectivity index is 1.50. The first kappa shape index (κ1) is 26.8. The van der Waals surface area contributed by atoms with Crippen molar-refractivity contribution in [2.24, 2.45) is 0 Å². The zero-order valence-electron chi connectivity index (χ0n) is 21.4. The third kappa shape index (κ3) is 7.90. The van der Waals surface area contributed by atoms with Crippen LogP contribution in [0.2, 0.25) is 0 Å². The Morgan fingerprint density at radius 2 is 1.67 bits per heavy atom. The summed E-state index contributed by atoms with van der Waals surface area (Å²) in [7, 11) is 1.31. The highest BCUT2D eigenvalue weighted by Crippen LogP contribution is 2.22. The first-order valence-corrected chi connectivity index (χ1v) is 12.0. The van der Waals surface area contributed by atoms with E-state index in [-0.39, 0.29) is 6.61 Å². The molecule has 0 bridgehead atoms. The van der Waals surface area contributed by atoms with Gasteiger partial charge in [0.25, 0.3) is 0 Å². The van der Waals surface area contributed by atoms with Crippen LogP contribution in [0.25, 0.3) is 0 Å². The monoisotopic (exact) mass is 497 g/mol. The molecule has 1 saturated heterocycles. The maximum Gasteiger partial charge on any atom is 0.411 e. The molecule has 1 atom stereocenters. The molecule has 1 N–H and O–H groups in total. The van der Waals surface area contributed by atoms with Crippen molar-refractivity contribution in [3.8, 4) is 0 Å². The van der Waals surface area contributed by atoms with Crippen molar-refractivity contribution in [3.05, 3.63) is 65.7 Å². The molecule has 2 amide bonds. The summed E-state index contributed by atoms with van der Waals surface area (Å²) in [4.78, 5) is 40.5. The summed E-state index contributed by atoms with van der Waals surface area (Å²) in [5.41, 5.74) is 2.27. The SMILES string of the molecule is COC(=O)C1CN(c2ccc(CCNC(=O)OCc3ccccc3)cc2)CCN1C(=O)OC(C)(C)C. The number of amides is 2. The normalized spacial score (nSPS) is 15.7. The van der Waals surface area contributed by atoms with E-state index in [4.69, 9.17) is 14.2 Å². The van der Waals surface area contributed by atoms with Crippen molar-refractivity contribution in [2.45, 2.75) is 45.4 Å². The number of hydrogen-bond acceptors (Lipinski definition) is 7. The van der Waals surface area contributed by atoms with Crippen LogP contribution in [0.4, 0.5) is 15.3 Å². The van der Waals surface area contributed by atoms with Gasteiger partial charge in [0.2, 0.25) is 0 Å². The van der Waals surface area contributed by atoms with Crippen molar-refractivity contribution in [1.82, 2.24) is 10.2 Å². The molecule has 0 aliphatic carbocycles. The zero-order valence-corrected chi connectivity index (χ0v) is 21.4. The Hall–Kier alpha value is -3.75. The van der Waals surface area contributed by atoms with E-state index in [9.17, 15) is 14.4 Å². The maximum absolute atomic E-state index is 12.6. The van der Waals surface area contributed by atoms with Crippen molar-refractivity contribution < 1.29 is 28.6 Å². The van der Waals surface area contributed by atoms with Gasteiger partial charge in [-0.05, 0) is 50.5 Å². The Morgan fingerprint density at radius 1 is 0.972 bits per heavy atom. The van der Waals surface area contributed by atoms with Crippen molar-refractivity contribution >= 4 is 23.8 Å². The van der Waals surface area contributed by atoms with Crippen LogP contribution in [0.3, 0.4) is 0 Å². The predicted octanol–water partition coefficient (Wildman–Crippen LogP) is 3.75. The van der Waals surface area contributed by atoms with Gasteiger partial charge in [0.05, 0.1) is 7.11 Å². The Labute approximate surface area is 212 Å². The lowest BCUT2D eigenvalue weighted by Crippen LogP contribution is -2.59. The second kappa shape index (κ2) is 12.3. The minimum Gasteiger partial charge on any atom is -0.467 e. The van der Waals surface area contributed by atoms with Gasteiger partial charge in [-0.3, -0.25) is 4.90 Å². The fraction of sp³-hybridized carbons (Fsp3) is 0.444. The smallest absolute Gasteiger partial charge is 0.411 e. The number of esters is 1. The van der Waals surface area contributed by atoms with Gasteiger partial charge >= 0.3 is 18.2 Å². The number of hydrogen-bond donors (Lipinski definition) is 1. The maximum atomic E-state index is 12.6. The Kier molecular flexibility index (Phi) is 9.16. The van der Waals surface area contributed by atoms with Gasteiger partial charge in [-0.15, -0.1) is 0 Å². The summed E-state index contributed by atoms with van der Waals surface area (Å²) >= 11 is 0. The summed E-state index contributed by atoms with van der Waals surface area (Å²) in [5, 5.41) is 2.76. The molecular formula is C27H35N3O6. The fourth-order valence-corrected chi connectivity index (χ4v) is 3.85. The number of ether oxygens (including phenoxy) is 3. The van der Waals surface area contributed by atoms with Crippen LogP contribution in [-0.4, -0.2) is 68.0 Å². The fourth-order valence-electron chi connectivity index (χ4n) is 3.85. The van der Waals surface area contributed by atoms with Gasteiger partial charge in [-0.1, -0.05) is 42.5 Å². The number of nitrogens with one attached hydrogen (secondary N) is 1. The number of rotatable bonds is 7. The highest BCUT2D eigenvalue weighted by Gasteiger charge is 2.38. The average Bonchev–Trinajstić information content (AvgIpc) is 2.86. The van der Waals surface area contributed by atoms with Crippen molar-refractivity contribution in [3.63, 3.8) is 0 Å². The minimum absolute atomic E-state index is 0.231. The van der Waals surface area contributed by atoms with Gasteiger partial charge in [-0.2, -0.15) is 0 Å². The first-order valence-electron chi connectivity index (χ1n) is 12.0. The van der Waals surface area contributed by atoms with E-state index >= 15 is 0 Å². The van der Waals surface area contributed by atoms with E-state index in [1.807, 2.05) is 59.5 Å². The second-order valence-corrected chi connectivity index (χ2v) is 9.56. The van der Waals surface area contributed by atoms with E-state index in [1.165, 1.54) is 12.0 Å². The summed E-state index contributed by atoms with van der Waals surface area (Å²) in [6, 6.07) is 16.7. The van der Waals surface area contributed by atoms with E-state index in [1.54, 1.807) is 20.8 Å². The number of anilines is 1. The number of carbonyl (C=O) groups is 3. The summed E-state index contributed by atoms with van der Waals surface area (Å²) in [6.45, 7) is 7.25. The van der Waals surface area contributed by atoms with Gasteiger partial charge in [0.15, 0.2) is 6.04 Å². The van der Waals surface area contributed by atoms with Crippen LogP contribution in [0, 0.1) is 0 Å². The minimum atomic E-state index is -0.760. The molecule has 1 aliphatic heterocycles. The Morgan fingerprint density at radius 3 is 2.31 bits per heavy atom. The molecule has 0 saturated carbocycles. The molecule has 9 nitrogen and oxygen atoms in total. The molecule has 0 radical (unpaired) electrons. The highest BCUT2D eigenvalue weighted by molar-refractivity contribution is 5.83. The van der Waals surface area contributed by atoms with Crippen LogP contribution in [0.5, 0.6) is 0 Å². The zero-order chi connectivity index (χ0) is 26.1. The summed E-state index contributed by atoms with van der Waals surface area (Å²) in [6.07, 6.45) is -0.326. The molecule has 2 aromatic rings. The van der Waals surface area contributed by atoms with Gasteiger partial charge in [0.1, 0.15) is 12.2 Å².